The van der Waals surface area contributed by atoms with Gasteiger partial charge in [0, 0.05) is 29.5 Å². The summed E-state index contributed by atoms with van der Waals surface area (Å²) < 4.78 is 0. The van der Waals surface area contributed by atoms with Gasteiger partial charge in [-0.15, -0.1) is 0 Å². The van der Waals surface area contributed by atoms with E-state index in [9.17, 15) is 0 Å². The van der Waals surface area contributed by atoms with E-state index in [1.54, 1.807) is 0 Å². The van der Waals surface area contributed by atoms with Crippen molar-refractivity contribution in [1.29, 1.82) is 0 Å². The Labute approximate surface area is 123 Å². The van der Waals surface area contributed by atoms with Crippen LogP contribution in [0.3, 0.4) is 0 Å². The molecule has 2 aliphatic heterocycles. The minimum absolute atomic E-state index is 0.706. The predicted octanol–water partition coefficient (Wildman–Crippen LogP) is 2.68. The summed E-state index contributed by atoms with van der Waals surface area (Å²) in [6.45, 7) is 4.48. The van der Waals surface area contributed by atoms with Crippen molar-refractivity contribution in [2.45, 2.75) is 19.0 Å². The van der Waals surface area contributed by atoms with E-state index >= 15 is 0 Å². The maximum atomic E-state index is 6.01. The molecule has 2 fully saturated rings. The van der Waals surface area contributed by atoms with Gasteiger partial charge in [0.05, 0.1) is 11.2 Å². The van der Waals surface area contributed by atoms with E-state index in [1.165, 1.54) is 19.5 Å². The Bertz CT molecular complexity index is 643. The van der Waals surface area contributed by atoms with Crippen LogP contribution in [0.5, 0.6) is 0 Å². The quantitative estimate of drug-likeness (QED) is 0.920. The number of rotatable bonds is 2. The standard InChI is InChI=1S/C16H18ClN3/c17-13-2-4-15-11(7-13)1-3-14(19-15)10-20-6-5-12-8-18-9-16(12)20/h1-4,7,12,16,18H,5-6,8-10H2/t12-,16+/m0/s1. The van der Waals surface area contributed by atoms with Gasteiger partial charge in [-0.2, -0.15) is 0 Å². The van der Waals surface area contributed by atoms with Gasteiger partial charge in [-0.05, 0) is 49.7 Å². The van der Waals surface area contributed by atoms with E-state index < -0.39 is 0 Å². The zero-order valence-electron chi connectivity index (χ0n) is 11.3. The molecule has 3 heterocycles. The lowest BCUT2D eigenvalue weighted by Crippen LogP contribution is -2.33. The summed E-state index contributed by atoms with van der Waals surface area (Å²) in [5.74, 6) is 0.842. The first kappa shape index (κ1) is 12.6. The van der Waals surface area contributed by atoms with Crippen LogP contribution in [0.25, 0.3) is 10.9 Å². The molecule has 2 saturated heterocycles. The van der Waals surface area contributed by atoms with Gasteiger partial charge in [-0.1, -0.05) is 17.7 Å². The van der Waals surface area contributed by atoms with Crippen LogP contribution < -0.4 is 5.32 Å². The normalized spacial score (nSPS) is 26.2. The Morgan fingerprint density at radius 2 is 2.20 bits per heavy atom. The second kappa shape index (κ2) is 4.99. The highest BCUT2D eigenvalue weighted by Crippen LogP contribution is 2.28. The van der Waals surface area contributed by atoms with Crippen molar-refractivity contribution in [1.82, 2.24) is 15.2 Å². The number of pyridine rings is 1. The molecular formula is C16H18ClN3. The smallest absolute Gasteiger partial charge is 0.0706 e. The lowest BCUT2D eigenvalue weighted by molar-refractivity contribution is 0.241. The van der Waals surface area contributed by atoms with E-state index in [-0.39, 0.29) is 0 Å². The van der Waals surface area contributed by atoms with Crippen LogP contribution in [-0.4, -0.2) is 35.6 Å². The van der Waals surface area contributed by atoms with Crippen LogP contribution in [0.15, 0.2) is 30.3 Å². The summed E-state index contributed by atoms with van der Waals surface area (Å²) in [7, 11) is 0. The fourth-order valence-electron chi connectivity index (χ4n) is 3.57. The maximum absolute atomic E-state index is 6.01. The number of nitrogens with zero attached hydrogens (tertiary/aromatic N) is 2. The molecule has 0 saturated carbocycles. The van der Waals surface area contributed by atoms with Gasteiger partial charge in [0.2, 0.25) is 0 Å². The zero-order chi connectivity index (χ0) is 13.5. The van der Waals surface area contributed by atoms with E-state index in [0.29, 0.717) is 6.04 Å². The zero-order valence-corrected chi connectivity index (χ0v) is 12.1. The van der Waals surface area contributed by atoms with Crippen LogP contribution >= 0.6 is 11.6 Å². The minimum atomic E-state index is 0.706. The van der Waals surface area contributed by atoms with E-state index in [1.807, 2.05) is 18.2 Å². The average molecular weight is 288 g/mol. The average Bonchev–Trinajstić information content (AvgIpc) is 3.04. The Kier molecular flexibility index (Phi) is 3.14. The van der Waals surface area contributed by atoms with Gasteiger partial charge in [-0.25, -0.2) is 0 Å². The second-order valence-corrected chi connectivity index (χ2v) is 6.32. The molecule has 3 nitrogen and oxygen atoms in total. The fraction of sp³-hybridized carbons (Fsp3) is 0.438. The molecule has 4 heteroatoms. The SMILES string of the molecule is Clc1ccc2nc(CN3CC[C@H]4CNC[C@H]43)ccc2c1. The first-order valence-corrected chi connectivity index (χ1v) is 7.67. The lowest BCUT2D eigenvalue weighted by atomic mass is 10.1. The fourth-order valence-corrected chi connectivity index (χ4v) is 3.75. The number of likely N-dealkylation sites (tertiary alicyclic amines) is 1. The largest absolute Gasteiger partial charge is 0.315 e. The summed E-state index contributed by atoms with van der Waals surface area (Å²) in [4.78, 5) is 7.35. The number of nitrogens with one attached hydrogen (secondary N) is 1. The highest BCUT2D eigenvalue weighted by atomic mass is 35.5. The van der Waals surface area contributed by atoms with Crippen LogP contribution in [0.1, 0.15) is 12.1 Å². The highest BCUT2D eigenvalue weighted by molar-refractivity contribution is 6.31. The predicted molar refractivity (Wildman–Crippen MR) is 81.9 cm³/mol. The first-order chi connectivity index (χ1) is 9.79. The van der Waals surface area contributed by atoms with Crippen molar-refractivity contribution >= 4 is 22.5 Å². The first-order valence-electron chi connectivity index (χ1n) is 7.29. The monoisotopic (exact) mass is 287 g/mol. The van der Waals surface area contributed by atoms with E-state index in [2.05, 4.69) is 22.3 Å². The number of hydrogen-bond donors (Lipinski definition) is 1. The summed E-state index contributed by atoms with van der Waals surface area (Å²) in [5.41, 5.74) is 2.19. The molecule has 20 heavy (non-hydrogen) atoms. The van der Waals surface area contributed by atoms with Crippen molar-refractivity contribution in [3.05, 3.63) is 41.0 Å². The molecule has 0 amide bonds. The molecule has 1 aromatic carbocycles. The van der Waals surface area contributed by atoms with Crippen LogP contribution in [-0.2, 0) is 6.54 Å². The molecular weight excluding hydrogens is 270 g/mol. The van der Waals surface area contributed by atoms with Crippen LogP contribution in [0.2, 0.25) is 5.02 Å². The number of benzene rings is 1. The molecule has 0 spiro atoms. The molecule has 2 atom stereocenters. The number of halogens is 1. The number of hydrogen-bond acceptors (Lipinski definition) is 3. The van der Waals surface area contributed by atoms with Crippen molar-refractivity contribution in [3.63, 3.8) is 0 Å². The summed E-state index contributed by atoms with van der Waals surface area (Å²) in [6.07, 6.45) is 1.32. The molecule has 0 aliphatic carbocycles. The van der Waals surface area contributed by atoms with Crippen molar-refractivity contribution in [2.24, 2.45) is 5.92 Å². The van der Waals surface area contributed by atoms with Crippen molar-refractivity contribution in [2.75, 3.05) is 19.6 Å². The molecule has 0 radical (unpaired) electrons. The third-order valence-corrected chi connectivity index (χ3v) is 4.87. The van der Waals surface area contributed by atoms with Crippen LogP contribution in [0, 0.1) is 5.92 Å². The molecule has 0 bridgehead atoms. The Hall–Kier alpha value is -1.16. The van der Waals surface area contributed by atoms with Gasteiger partial charge >= 0.3 is 0 Å². The maximum Gasteiger partial charge on any atom is 0.0706 e. The molecule has 4 rings (SSSR count). The van der Waals surface area contributed by atoms with E-state index in [0.717, 1.165) is 40.6 Å². The van der Waals surface area contributed by atoms with Gasteiger partial charge in [0.15, 0.2) is 0 Å². The molecule has 104 valence electrons. The summed E-state index contributed by atoms with van der Waals surface area (Å²) >= 11 is 6.01. The number of fused-ring (bicyclic) bond motifs is 2. The summed E-state index contributed by atoms with van der Waals surface area (Å²) in [6, 6.07) is 10.9. The Morgan fingerprint density at radius 3 is 3.15 bits per heavy atom. The second-order valence-electron chi connectivity index (χ2n) is 5.88. The molecule has 1 N–H and O–H groups in total. The third-order valence-electron chi connectivity index (χ3n) is 4.63. The highest BCUT2D eigenvalue weighted by Gasteiger charge is 2.37. The molecule has 0 unspecified atom stereocenters. The third kappa shape index (κ3) is 2.20. The lowest BCUT2D eigenvalue weighted by Gasteiger charge is -2.22. The Morgan fingerprint density at radius 1 is 1.25 bits per heavy atom. The van der Waals surface area contributed by atoms with E-state index in [4.69, 9.17) is 16.6 Å². The van der Waals surface area contributed by atoms with Crippen molar-refractivity contribution in [3.8, 4) is 0 Å². The van der Waals surface area contributed by atoms with Gasteiger partial charge < -0.3 is 5.32 Å². The molecule has 2 aliphatic rings. The molecule has 1 aromatic heterocycles. The number of aromatic nitrogens is 1. The molecule has 2 aromatic rings. The Balaban J connectivity index is 1.58. The van der Waals surface area contributed by atoms with Gasteiger partial charge in [0.1, 0.15) is 0 Å². The van der Waals surface area contributed by atoms with Gasteiger partial charge in [-0.3, -0.25) is 9.88 Å². The van der Waals surface area contributed by atoms with Crippen molar-refractivity contribution < 1.29 is 0 Å². The minimum Gasteiger partial charge on any atom is -0.315 e. The topological polar surface area (TPSA) is 28.2 Å². The van der Waals surface area contributed by atoms with Gasteiger partial charge in [0.25, 0.3) is 0 Å². The van der Waals surface area contributed by atoms with Crippen LogP contribution in [0.4, 0.5) is 0 Å². The summed E-state index contributed by atoms with van der Waals surface area (Å²) in [5, 5.41) is 5.38.